The van der Waals surface area contributed by atoms with Gasteiger partial charge in [0.2, 0.25) is 20.9 Å². The third-order valence-corrected chi connectivity index (χ3v) is 5.44. The number of sulfone groups is 1. The Morgan fingerprint density at radius 2 is 1.77 bits per heavy atom. The van der Waals surface area contributed by atoms with E-state index in [9.17, 15) is 13.2 Å². The first-order chi connectivity index (χ1) is 13.8. The molecule has 1 aromatic carbocycles. The molecule has 0 radical (unpaired) electrons. The maximum Gasteiger partial charge on any atom is 0.410 e. The monoisotopic (exact) mass is 433 g/mol. The second-order valence-electron chi connectivity index (χ2n) is 8.48. The molecule has 0 bridgehead atoms. The molecule has 2 aromatic rings. The van der Waals surface area contributed by atoms with E-state index in [1.165, 1.54) is 4.90 Å². The van der Waals surface area contributed by atoms with Crippen LogP contribution >= 0.6 is 0 Å². The zero-order valence-corrected chi connectivity index (χ0v) is 19.0. The standard InChI is InChI=1S/C21H27N3O5S/c1-13-8-7-9-14(2)17(13)28-18-15-10-11-24(20(25)29-21(3,4)5)12-16(15)22-19(23-18)30(6,26)27/h7-9H,10-12H2,1-6H3. The molecule has 0 saturated heterocycles. The van der Waals surface area contributed by atoms with Gasteiger partial charge in [0.25, 0.3) is 0 Å². The lowest BCUT2D eigenvalue weighted by Gasteiger charge is -2.31. The molecule has 0 aliphatic carbocycles. The average Bonchev–Trinajstić information content (AvgIpc) is 2.62. The lowest BCUT2D eigenvalue weighted by Crippen LogP contribution is -2.40. The molecule has 162 valence electrons. The van der Waals surface area contributed by atoms with E-state index in [2.05, 4.69) is 9.97 Å². The number of para-hydroxylation sites is 1. The van der Waals surface area contributed by atoms with E-state index in [0.717, 1.165) is 17.4 Å². The third kappa shape index (κ3) is 4.89. The molecule has 0 spiro atoms. The summed E-state index contributed by atoms with van der Waals surface area (Å²) in [6.07, 6.45) is 1.01. The molecule has 0 unspecified atom stereocenters. The normalized spacial score (nSPS) is 14.3. The number of ether oxygens (including phenoxy) is 2. The SMILES string of the molecule is Cc1cccc(C)c1Oc1nc(S(C)(=O)=O)nc2c1CCN(C(=O)OC(C)(C)C)C2. The molecule has 1 aliphatic heterocycles. The van der Waals surface area contributed by atoms with Crippen LogP contribution in [0, 0.1) is 13.8 Å². The van der Waals surface area contributed by atoms with Crippen LogP contribution in [0.3, 0.4) is 0 Å². The fraction of sp³-hybridized carbons (Fsp3) is 0.476. The minimum atomic E-state index is -3.67. The minimum Gasteiger partial charge on any atom is -0.444 e. The number of aryl methyl sites for hydroxylation is 2. The zero-order valence-electron chi connectivity index (χ0n) is 18.1. The van der Waals surface area contributed by atoms with Crippen LogP contribution in [-0.4, -0.2) is 47.8 Å². The number of benzene rings is 1. The van der Waals surface area contributed by atoms with Gasteiger partial charge in [0.05, 0.1) is 12.2 Å². The summed E-state index contributed by atoms with van der Waals surface area (Å²) in [4.78, 5) is 22.4. The Hall–Kier alpha value is -2.68. The van der Waals surface area contributed by atoms with Crippen molar-refractivity contribution in [3.05, 3.63) is 40.6 Å². The predicted molar refractivity (Wildman–Crippen MR) is 111 cm³/mol. The molecule has 0 saturated carbocycles. The maximum absolute atomic E-state index is 12.5. The van der Waals surface area contributed by atoms with Gasteiger partial charge in [0.1, 0.15) is 11.4 Å². The van der Waals surface area contributed by atoms with Crippen LogP contribution in [0.2, 0.25) is 0 Å². The van der Waals surface area contributed by atoms with Gasteiger partial charge in [-0.3, -0.25) is 0 Å². The van der Waals surface area contributed by atoms with Crippen molar-refractivity contribution in [2.45, 2.75) is 58.3 Å². The molecule has 30 heavy (non-hydrogen) atoms. The van der Waals surface area contributed by atoms with Crippen molar-refractivity contribution in [1.82, 2.24) is 14.9 Å². The molecular formula is C21H27N3O5S. The van der Waals surface area contributed by atoms with Crippen LogP contribution < -0.4 is 4.74 Å². The summed E-state index contributed by atoms with van der Waals surface area (Å²) in [5.74, 6) is 0.842. The van der Waals surface area contributed by atoms with Gasteiger partial charge in [-0.15, -0.1) is 0 Å². The van der Waals surface area contributed by atoms with Gasteiger partial charge in [-0.2, -0.15) is 4.98 Å². The number of hydrogen-bond donors (Lipinski definition) is 0. The summed E-state index contributed by atoms with van der Waals surface area (Å²) < 4.78 is 35.9. The second-order valence-corrected chi connectivity index (χ2v) is 10.4. The van der Waals surface area contributed by atoms with Crippen LogP contribution in [0.4, 0.5) is 4.79 Å². The van der Waals surface area contributed by atoms with Crippen LogP contribution in [0.1, 0.15) is 43.2 Å². The smallest absolute Gasteiger partial charge is 0.410 e. The molecule has 8 nitrogen and oxygen atoms in total. The maximum atomic E-state index is 12.5. The van der Waals surface area contributed by atoms with Crippen molar-refractivity contribution in [2.75, 3.05) is 12.8 Å². The van der Waals surface area contributed by atoms with Gasteiger partial charge in [-0.1, -0.05) is 18.2 Å². The van der Waals surface area contributed by atoms with Crippen LogP contribution in [0.25, 0.3) is 0 Å². The first-order valence-corrected chi connectivity index (χ1v) is 11.6. The number of hydrogen-bond acceptors (Lipinski definition) is 7. The zero-order chi connectivity index (χ0) is 22.3. The largest absolute Gasteiger partial charge is 0.444 e. The lowest BCUT2D eigenvalue weighted by molar-refractivity contribution is 0.0219. The van der Waals surface area contributed by atoms with Gasteiger partial charge in [-0.05, 0) is 52.2 Å². The van der Waals surface area contributed by atoms with E-state index in [-0.39, 0.29) is 17.6 Å². The van der Waals surface area contributed by atoms with Crippen LogP contribution in [-0.2, 0) is 27.5 Å². The van der Waals surface area contributed by atoms with E-state index in [0.29, 0.717) is 30.0 Å². The van der Waals surface area contributed by atoms with Gasteiger partial charge in [0, 0.05) is 18.4 Å². The van der Waals surface area contributed by atoms with E-state index >= 15 is 0 Å². The van der Waals surface area contributed by atoms with Crippen molar-refractivity contribution < 1.29 is 22.7 Å². The highest BCUT2D eigenvalue weighted by molar-refractivity contribution is 7.90. The summed E-state index contributed by atoms with van der Waals surface area (Å²) in [6, 6.07) is 5.75. The van der Waals surface area contributed by atoms with Crippen LogP contribution in [0.15, 0.2) is 23.4 Å². The molecule has 1 amide bonds. The number of rotatable bonds is 3. The minimum absolute atomic E-state index is 0.123. The highest BCUT2D eigenvalue weighted by atomic mass is 32.2. The molecule has 1 aliphatic rings. The molecule has 2 heterocycles. The molecule has 0 N–H and O–H groups in total. The summed E-state index contributed by atoms with van der Waals surface area (Å²) >= 11 is 0. The molecule has 9 heteroatoms. The highest BCUT2D eigenvalue weighted by Crippen LogP contribution is 2.33. The van der Waals surface area contributed by atoms with Crippen molar-refractivity contribution in [3.8, 4) is 11.6 Å². The molecular weight excluding hydrogens is 406 g/mol. The highest BCUT2D eigenvalue weighted by Gasteiger charge is 2.30. The second kappa shape index (κ2) is 7.86. The number of nitrogens with zero attached hydrogens (tertiary/aromatic N) is 3. The Morgan fingerprint density at radius 1 is 1.13 bits per heavy atom. The predicted octanol–water partition coefficient (Wildman–Crippen LogP) is 3.58. The third-order valence-electron chi connectivity index (χ3n) is 4.60. The van der Waals surface area contributed by atoms with Crippen LogP contribution in [0.5, 0.6) is 11.6 Å². The average molecular weight is 434 g/mol. The number of aromatic nitrogens is 2. The van der Waals surface area contributed by atoms with E-state index < -0.39 is 21.5 Å². The van der Waals surface area contributed by atoms with Gasteiger partial charge >= 0.3 is 6.09 Å². The molecule has 0 atom stereocenters. The molecule has 3 rings (SSSR count). The van der Waals surface area contributed by atoms with Gasteiger partial charge in [-0.25, -0.2) is 18.2 Å². The summed E-state index contributed by atoms with van der Waals surface area (Å²) in [5.41, 5.74) is 2.34. The summed E-state index contributed by atoms with van der Waals surface area (Å²) in [7, 11) is -3.67. The van der Waals surface area contributed by atoms with Crippen molar-refractivity contribution >= 4 is 15.9 Å². The van der Waals surface area contributed by atoms with E-state index in [1.54, 1.807) is 20.8 Å². The Labute approximate surface area is 177 Å². The van der Waals surface area contributed by atoms with Crippen molar-refractivity contribution in [1.29, 1.82) is 0 Å². The van der Waals surface area contributed by atoms with Crippen molar-refractivity contribution in [3.63, 3.8) is 0 Å². The van der Waals surface area contributed by atoms with Gasteiger partial charge < -0.3 is 14.4 Å². The number of fused-ring (bicyclic) bond motifs is 1. The fourth-order valence-electron chi connectivity index (χ4n) is 3.16. The topological polar surface area (TPSA) is 98.7 Å². The van der Waals surface area contributed by atoms with E-state index in [4.69, 9.17) is 9.47 Å². The number of amides is 1. The van der Waals surface area contributed by atoms with E-state index in [1.807, 2.05) is 32.0 Å². The first kappa shape index (κ1) is 22.0. The molecule has 1 aromatic heterocycles. The fourth-order valence-corrected chi connectivity index (χ4v) is 3.69. The van der Waals surface area contributed by atoms with Gasteiger partial charge in [0.15, 0.2) is 0 Å². The Balaban J connectivity index is 2.02. The lowest BCUT2D eigenvalue weighted by atomic mass is 10.1. The number of carbonyl (C=O) groups is 1. The summed E-state index contributed by atoms with van der Waals surface area (Å²) in [6.45, 7) is 9.73. The first-order valence-electron chi connectivity index (χ1n) is 9.67. The van der Waals surface area contributed by atoms with Crippen molar-refractivity contribution in [2.24, 2.45) is 0 Å². The number of carbonyl (C=O) groups excluding carboxylic acids is 1. The Bertz CT molecular complexity index is 1070. The molecule has 0 fully saturated rings. The Morgan fingerprint density at radius 3 is 2.33 bits per heavy atom. The summed E-state index contributed by atoms with van der Waals surface area (Å²) in [5, 5.41) is -0.325. The Kier molecular flexibility index (Phi) is 5.77. The quantitative estimate of drug-likeness (QED) is 0.682.